The molecule has 0 aliphatic carbocycles. The van der Waals surface area contributed by atoms with E-state index in [9.17, 15) is 4.79 Å². The SMILES string of the molecule is CC(c1cccnc1)N1CCN(C(=O)c2cccnc2N)CC1. The second-order valence-corrected chi connectivity index (χ2v) is 5.73. The molecule has 6 nitrogen and oxygen atoms in total. The van der Waals surface area contributed by atoms with Crippen molar-refractivity contribution in [3.8, 4) is 0 Å². The number of carbonyl (C=O) groups excluding carboxylic acids is 1. The van der Waals surface area contributed by atoms with Gasteiger partial charge in [-0.25, -0.2) is 4.98 Å². The molecule has 3 rings (SSSR count). The largest absolute Gasteiger partial charge is 0.383 e. The summed E-state index contributed by atoms with van der Waals surface area (Å²) >= 11 is 0. The Bertz CT molecular complexity index is 668. The topological polar surface area (TPSA) is 75.4 Å². The summed E-state index contributed by atoms with van der Waals surface area (Å²) in [5.74, 6) is 0.257. The Balaban J connectivity index is 1.62. The van der Waals surface area contributed by atoms with E-state index in [4.69, 9.17) is 5.73 Å². The van der Waals surface area contributed by atoms with Crippen LogP contribution in [0.1, 0.15) is 28.9 Å². The molecule has 120 valence electrons. The molecule has 1 unspecified atom stereocenters. The summed E-state index contributed by atoms with van der Waals surface area (Å²) in [5.41, 5.74) is 7.49. The Kier molecular flexibility index (Phi) is 4.52. The van der Waals surface area contributed by atoms with E-state index >= 15 is 0 Å². The van der Waals surface area contributed by atoms with Gasteiger partial charge in [-0.05, 0) is 30.7 Å². The van der Waals surface area contributed by atoms with Crippen LogP contribution in [0.15, 0.2) is 42.9 Å². The summed E-state index contributed by atoms with van der Waals surface area (Å²) in [7, 11) is 0. The van der Waals surface area contributed by atoms with E-state index in [1.54, 1.807) is 24.5 Å². The molecule has 0 bridgehead atoms. The van der Waals surface area contributed by atoms with E-state index in [0.717, 1.165) is 13.1 Å². The van der Waals surface area contributed by atoms with Crippen molar-refractivity contribution in [2.24, 2.45) is 0 Å². The molecule has 0 spiro atoms. The molecular formula is C17H21N5O. The smallest absolute Gasteiger partial charge is 0.257 e. The standard InChI is InChI=1S/C17H21N5O/c1-13(14-4-2-6-19-12-14)21-8-10-22(11-9-21)17(23)15-5-3-7-20-16(15)18/h2-7,12-13H,8-11H2,1H3,(H2,18,20). The van der Waals surface area contributed by atoms with Gasteiger partial charge in [-0.2, -0.15) is 0 Å². The number of aromatic nitrogens is 2. The van der Waals surface area contributed by atoms with E-state index in [0.29, 0.717) is 30.5 Å². The molecule has 3 heterocycles. The lowest BCUT2D eigenvalue weighted by atomic mass is 10.1. The molecular weight excluding hydrogens is 290 g/mol. The zero-order valence-corrected chi connectivity index (χ0v) is 13.2. The van der Waals surface area contributed by atoms with Crippen LogP contribution in [0.4, 0.5) is 5.82 Å². The average Bonchev–Trinajstić information content (AvgIpc) is 2.62. The fourth-order valence-electron chi connectivity index (χ4n) is 2.91. The van der Waals surface area contributed by atoms with Crippen molar-refractivity contribution in [3.63, 3.8) is 0 Å². The van der Waals surface area contributed by atoms with Gasteiger partial charge < -0.3 is 10.6 Å². The molecule has 6 heteroatoms. The third-order valence-corrected chi connectivity index (χ3v) is 4.38. The molecule has 0 aromatic carbocycles. The van der Waals surface area contributed by atoms with Gasteiger partial charge in [-0.1, -0.05) is 6.07 Å². The highest BCUT2D eigenvalue weighted by molar-refractivity contribution is 5.98. The summed E-state index contributed by atoms with van der Waals surface area (Å²) in [4.78, 5) is 24.9. The van der Waals surface area contributed by atoms with Crippen molar-refractivity contribution >= 4 is 11.7 Å². The molecule has 1 fully saturated rings. The lowest BCUT2D eigenvalue weighted by Crippen LogP contribution is -2.49. The number of nitrogens with zero attached hydrogens (tertiary/aromatic N) is 4. The molecule has 1 saturated heterocycles. The number of piperazine rings is 1. The molecule has 23 heavy (non-hydrogen) atoms. The number of carbonyl (C=O) groups is 1. The average molecular weight is 311 g/mol. The van der Waals surface area contributed by atoms with Crippen LogP contribution in [-0.4, -0.2) is 51.9 Å². The maximum atomic E-state index is 12.5. The zero-order valence-electron chi connectivity index (χ0n) is 13.2. The first-order valence-electron chi connectivity index (χ1n) is 7.80. The van der Waals surface area contributed by atoms with E-state index in [1.807, 2.05) is 17.2 Å². The Morgan fingerprint density at radius 1 is 1.17 bits per heavy atom. The maximum Gasteiger partial charge on any atom is 0.257 e. The summed E-state index contributed by atoms with van der Waals surface area (Å²) in [6.07, 6.45) is 5.28. The number of rotatable bonds is 3. The van der Waals surface area contributed by atoms with Crippen molar-refractivity contribution < 1.29 is 4.79 Å². The van der Waals surface area contributed by atoms with Crippen LogP contribution in [-0.2, 0) is 0 Å². The molecule has 2 N–H and O–H groups in total. The number of hydrogen-bond donors (Lipinski definition) is 1. The Hall–Kier alpha value is -2.47. The fraction of sp³-hybridized carbons (Fsp3) is 0.353. The van der Waals surface area contributed by atoms with Crippen LogP contribution in [0, 0.1) is 0 Å². The Labute approximate surface area is 135 Å². The van der Waals surface area contributed by atoms with Gasteiger partial charge >= 0.3 is 0 Å². The first kappa shape index (κ1) is 15.4. The highest BCUT2D eigenvalue weighted by Crippen LogP contribution is 2.21. The normalized spacial score (nSPS) is 17.0. The van der Waals surface area contributed by atoms with Crippen LogP contribution in [0.25, 0.3) is 0 Å². The summed E-state index contributed by atoms with van der Waals surface area (Å²) < 4.78 is 0. The van der Waals surface area contributed by atoms with Gasteiger partial charge in [0, 0.05) is 50.8 Å². The number of amides is 1. The fourth-order valence-corrected chi connectivity index (χ4v) is 2.91. The molecule has 1 aliphatic heterocycles. The van der Waals surface area contributed by atoms with E-state index in [1.165, 1.54) is 5.56 Å². The molecule has 2 aromatic heterocycles. The first-order chi connectivity index (χ1) is 11.2. The lowest BCUT2D eigenvalue weighted by molar-refractivity contribution is 0.0582. The highest BCUT2D eigenvalue weighted by Gasteiger charge is 2.26. The number of anilines is 1. The van der Waals surface area contributed by atoms with Crippen LogP contribution in [0.5, 0.6) is 0 Å². The van der Waals surface area contributed by atoms with Crippen molar-refractivity contribution in [3.05, 3.63) is 54.0 Å². The Morgan fingerprint density at radius 2 is 1.91 bits per heavy atom. The molecule has 0 saturated carbocycles. The minimum absolute atomic E-state index is 0.0377. The van der Waals surface area contributed by atoms with Crippen LogP contribution >= 0.6 is 0 Å². The third kappa shape index (κ3) is 3.32. The maximum absolute atomic E-state index is 12.5. The molecule has 2 aromatic rings. The predicted octanol–water partition coefficient (Wildman–Crippen LogP) is 1.58. The summed E-state index contributed by atoms with van der Waals surface area (Å²) in [5, 5.41) is 0. The van der Waals surface area contributed by atoms with Gasteiger partial charge in [0.2, 0.25) is 0 Å². The lowest BCUT2D eigenvalue weighted by Gasteiger charge is -2.38. The predicted molar refractivity (Wildman–Crippen MR) is 88.8 cm³/mol. The minimum Gasteiger partial charge on any atom is -0.383 e. The number of pyridine rings is 2. The van der Waals surface area contributed by atoms with Gasteiger partial charge in [-0.3, -0.25) is 14.7 Å². The van der Waals surface area contributed by atoms with Crippen LogP contribution < -0.4 is 5.73 Å². The van der Waals surface area contributed by atoms with Crippen molar-refractivity contribution in [1.82, 2.24) is 19.8 Å². The van der Waals surface area contributed by atoms with Gasteiger partial charge in [-0.15, -0.1) is 0 Å². The molecule has 0 radical (unpaired) electrons. The molecule has 1 atom stereocenters. The van der Waals surface area contributed by atoms with Crippen LogP contribution in [0.3, 0.4) is 0 Å². The van der Waals surface area contributed by atoms with Gasteiger partial charge in [0.15, 0.2) is 0 Å². The van der Waals surface area contributed by atoms with Gasteiger partial charge in [0.25, 0.3) is 5.91 Å². The number of nitrogen functional groups attached to an aromatic ring is 1. The molecule has 1 aliphatic rings. The summed E-state index contributed by atoms with van der Waals surface area (Å²) in [6.45, 7) is 5.23. The zero-order chi connectivity index (χ0) is 16.2. The first-order valence-corrected chi connectivity index (χ1v) is 7.80. The van der Waals surface area contributed by atoms with E-state index in [2.05, 4.69) is 27.9 Å². The van der Waals surface area contributed by atoms with Crippen LogP contribution in [0.2, 0.25) is 0 Å². The van der Waals surface area contributed by atoms with Crippen molar-refractivity contribution in [2.45, 2.75) is 13.0 Å². The van der Waals surface area contributed by atoms with Gasteiger partial charge in [0.05, 0.1) is 5.56 Å². The number of hydrogen-bond acceptors (Lipinski definition) is 5. The Morgan fingerprint density at radius 3 is 2.57 bits per heavy atom. The third-order valence-electron chi connectivity index (χ3n) is 4.38. The second kappa shape index (κ2) is 6.75. The highest BCUT2D eigenvalue weighted by atomic mass is 16.2. The quantitative estimate of drug-likeness (QED) is 0.931. The minimum atomic E-state index is -0.0377. The molecule has 1 amide bonds. The van der Waals surface area contributed by atoms with E-state index < -0.39 is 0 Å². The van der Waals surface area contributed by atoms with E-state index in [-0.39, 0.29) is 5.91 Å². The van der Waals surface area contributed by atoms with Crippen molar-refractivity contribution in [1.29, 1.82) is 0 Å². The number of nitrogens with two attached hydrogens (primary N) is 1. The van der Waals surface area contributed by atoms with Crippen molar-refractivity contribution in [2.75, 3.05) is 31.9 Å². The monoisotopic (exact) mass is 311 g/mol. The summed E-state index contributed by atoms with van der Waals surface area (Å²) in [6, 6.07) is 7.81. The van der Waals surface area contributed by atoms with Gasteiger partial charge in [0.1, 0.15) is 5.82 Å². The second-order valence-electron chi connectivity index (χ2n) is 5.73.